The minimum Gasteiger partial charge on any atom is -0.313 e. The van der Waals surface area contributed by atoms with Gasteiger partial charge < -0.3 is 9.13 Å². The van der Waals surface area contributed by atoms with Gasteiger partial charge in [0.15, 0.2) is 0 Å². The molecule has 0 atom stereocenters. The third-order valence-corrected chi connectivity index (χ3v) is 9.78. The number of benzene rings is 7. The van der Waals surface area contributed by atoms with E-state index >= 15 is 0 Å². The van der Waals surface area contributed by atoms with E-state index in [2.05, 4.69) is 186 Å². The van der Waals surface area contributed by atoms with E-state index in [-0.39, 0.29) is 0 Å². The standard InChI is InChI=1S/C47H34N2/c1-3-4-7-16-32(2)48-44-26-25-35-21-12-13-22-39(35)47(44)42-30-41-40-23-14-15-24-43(40)49(45(41)31-46(42)48)38-28-36(33-17-8-5-9-18-33)27-37(29-38)34-19-10-6-11-20-34/h3-31H,1H2,2H3/b7-4-,32-16+. The molecule has 9 rings (SSSR count). The zero-order chi connectivity index (χ0) is 32.9. The van der Waals surface area contributed by atoms with Crippen molar-refractivity contribution in [2.75, 3.05) is 0 Å². The van der Waals surface area contributed by atoms with Crippen molar-refractivity contribution in [3.05, 3.63) is 183 Å². The van der Waals surface area contributed by atoms with Crippen molar-refractivity contribution >= 4 is 60.1 Å². The molecule has 2 heteroatoms. The van der Waals surface area contributed by atoms with E-state index in [9.17, 15) is 0 Å². The van der Waals surface area contributed by atoms with Crippen LogP contribution in [0.2, 0.25) is 0 Å². The second kappa shape index (κ2) is 11.7. The summed E-state index contributed by atoms with van der Waals surface area (Å²) in [6.07, 6.45) is 8.03. The Labute approximate surface area is 285 Å². The Morgan fingerprint density at radius 3 is 1.86 bits per heavy atom. The summed E-state index contributed by atoms with van der Waals surface area (Å²) in [6.45, 7) is 6.06. The molecule has 2 nitrogen and oxygen atoms in total. The highest BCUT2D eigenvalue weighted by molar-refractivity contribution is 6.25. The van der Waals surface area contributed by atoms with E-state index in [1.807, 2.05) is 12.2 Å². The van der Waals surface area contributed by atoms with Crippen molar-refractivity contribution < 1.29 is 0 Å². The minimum absolute atomic E-state index is 1.14. The first-order valence-corrected chi connectivity index (χ1v) is 16.8. The number of rotatable bonds is 6. The first kappa shape index (κ1) is 28.8. The van der Waals surface area contributed by atoms with Gasteiger partial charge in [0.1, 0.15) is 0 Å². The summed E-state index contributed by atoms with van der Waals surface area (Å²) in [4.78, 5) is 0. The van der Waals surface area contributed by atoms with Gasteiger partial charge in [-0.2, -0.15) is 0 Å². The van der Waals surface area contributed by atoms with Crippen LogP contribution in [-0.4, -0.2) is 9.13 Å². The van der Waals surface area contributed by atoms with Crippen molar-refractivity contribution in [3.8, 4) is 27.9 Å². The van der Waals surface area contributed by atoms with Gasteiger partial charge in [0, 0.05) is 32.9 Å². The first-order chi connectivity index (χ1) is 24.2. The van der Waals surface area contributed by atoms with Crippen molar-refractivity contribution in [2.24, 2.45) is 0 Å². The minimum atomic E-state index is 1.14. The summed E-state index contributed by atoms with van der Waals surface area (Å²) in [5.74, 6) is 0. The van der Waals surface area contributed by atoms with Crippen LogP contribution in [0.3, 0.4) is 0 Å². The molecule has 0 aliphatic heterocycles. The Hall–Kier alpha value is -6.38. The number of allylic oxidation sites excluding steroid dienone is 5. The van der Waals surface area contributed by atoms with Crippen LogP contribution in [0.25, 0.3) is 88.0 Å². The second-order valence-electron chi connectivity index (χ2n) is 12.7. The smallest absolute Gasteiger partial charge is 0.0562 e. The van der Waals surface area contributed by atoms with Crippen molar-refractivity contribution in [1.82, 2.24) is 9.13 Å². The molecule has 9 aromatic rings. The van der Waals surface area contributed by atoms with E-state index in [1.165, 1.54) is 76.6 Å². The average Bonchev–Trinajstić information content (AvgIpc) is 3.66. The molecule has 0 spiro atoms. The van der Waals surface area contributed by atoms with Gasteiger partial charge in [-0.1, -0.05) is 134 Å². The number of aromatic nitrogens is 2. The highest BCUT2D eigenvalue weighted by Crippen LogP contribution is 2.42. The summed E-state index contributed by atoms with van der Waals surface area (Å²) < 4.78 is 4.88. The molecule has 0 saturated carbocycles. The molecule has 7 aromatic carbocycles. The summed E-state index contributed by atoms with van der Waals surface area (Å²) in [5.41, 5.74) is 11.8. The highest BCUT2D eigenvalue weighted by Gasteiger charge is 2.20. The summed E-state index contributed by atoms with van der Waals surface area (Å²) >= 11 is 0. The zero-order valence-corrected chi connectivity index (χ0v) is 27.3. The second-order valence-corrected chi connectivity index (χ2v) is 12.7. The molecule has 0 unspecified atom stereocenters. The molecule has 0 bridgehead atoms. The van der Waals surface area contributed by atoms with Gasteiger partial charge in [-0.15, -0.1) is 0 Å². The SMILES string of the molecule is C=C/C=C\C=C(/C)n1c2cc3c(cc2c2c4ccccc4ccc21)c1ccccc1n3-c1cc(-c2ccccc2)cc(-c2ccccc2)c1. The Morgan fingerprint density at radius 1 is 0.490 bits per heavy atom. The molecule has 0 fully saturated rings. The number of hydrogen-bond donors (Lipinski definition) is 0. The van der Waals surface area contributed by atoms with Gasteiger partial charge in [0.2, 0.25) is 0 Å². The van der Waals surface area contributed by atoms with Crippen LogP contribution < -0.4 is 0 Å². The third-order valence-electron chi connectivity index (χ3n) is 9.78. The Bertz CT molecular complexity index is 2710. The molecule has 0 aliphatic carbocycles. The maximum Gasteiger partial charge on any atom is 0.0562 e. The number of fused-ring (bicyclic) bond motifs is 8. The maximum absolute atomic E-state index is 3.87. The summed E-state index contributed by atoms with van der Waals surface area (Å²) in [6, 6.07) is 55.3. The van der Waals surface area contributed by atoms with Crippen LogP contribution in [0.5, 0.6) is 0 Å². The van der Waals surface area contributed by atoms with Crippen LogP contribution in [0.1, 0.15) is 6.92 Å². The molecule has 232 valence electrons. The predicted molar refractivity (Wildman–Crippen MR) is 211 cm³/mol. The number of para-hydroxylation sites is 1. The van der Waals surface area contributed by atoms with E-state index in [1.54, 1.807) is 0 Å². The quantitative estimate of drug-likeness (QED) is 0.163. The van der Waals surface area contributed by atoms with Crippen LogP contribution in [0.4, 0.5) is 0 Å². The fraction of sp³-hybridized carbons (Fsp3) is 0.0213. The fourth-order valence-electron chi connectivity index (χ4n) is 7.59. The largest absolute Gasteiger partial charge is 0.313 e. The van der Waals surface area contributed by atoms with Crippen LogP contribution in [0, 0.1) is 0 Å². The van der Waals surface area contributed by atoms with Gasteiger partial charge in [-0.25, -0.2) is 0 Å². The topological polar surface area (TPSA) is 9.86 Å². The van der Waals surface area contributed by atoms with Gasteiger partial charge in [-0.05, 0) is 88.5 Å². The molecular weight excluding hydrogens is 593 g/mol. The average molecular weight is 627 g/mol. The van der Waals surface area contributed by atoms with E-state index in [0.717, 1.165) is 11.4 Å². The third kappa shape index (κ3) is 4.72. The van der Waals surface area contributed by atoms with Crippen LogP contribution in [0.15, 0.2) is 183 Å². The Balaban J connectivity index is 1.42. The van der Waals surface area contributed by atoms with Crippen LogP contribution >= 0.6 is 0 Å². The zero-order valence-electron chi connectivity index (χ0n) is 27.3. The van der Waals surface area contributed by atoms with Crippen molar-refractivity contribution in [3.63, 3.8) is 0 Å². The van der Waals surface area contributed by atoms with Gasteiger partial charge in [0.25, 0.3) is 0 Å². The number of nitrogens with zero attached hydrogens (tertiary/aromatic N) is 2. The lowest BCUT2D eigenvalue weighted by atomic mass is 9.98. The van der Waals surface area contributed by atoms with Gasteiger partial charge >= 0.3 is 0 Å². The van der Waals surface area contributed by atoms with E-state index in [4.69, 9.17) is 0 Å². The molecule has 49 heavy (non-hydrogen) atoms. The Morgan fingerprint density at radius 2 is 1.14 bits per heavy atom. The molecule has 0 amide bonds. The molecule has 0 N–H and O–H groups in total. The first-order valence-electron chi connectivity index (χ1n) is 16.8. The lowest BCUT2D eigenvalue weighted by Gasteiger charge is -2.14. The lowest BCUT2D eigenvalue weighted by molar-refractivity contribution is 1.17. The van der Waals surface area contributed by atoms with Gasteiger partial charge in [-0.3, -0.25) is 0 Å². The van der Waals surface area contributed by atoms with Crippen molar-refractivity contribution in [1.29, 1.82) is 0 Å². The van der Waals surface area contributed by atoms with Gasteiger partial charge in [0.05, 0.1) is 22.1 Å². The van der Waals surface area contributed by atoms with E-state index in [0.29, 0.717) is 0 Å². The summed E-state index contributed by atoms with van der Waals surface area (Å²) in [7, 11) is 0. The maximum atomic E-state index is 3.87. The fourth-order valence-corrected chi connectivity index (χ4v) is 7.59. The normalized spacial score (nSPS) is 12.3. The monoisotopic (exact) mass is 626 g/mol. The molecule has 2 aromatic heterocycles. The van der Waals surface area contributed by atoms with Crippen LogP contribution in [-0.2, 0) is 0 Å². The molecule has 0 radical (unpaired) electrons. The number of hydrogen-bond acceptors (Lipinski definition) is 0. The molecule has 0 aliphatic rings. The highest BCUT2D eigenvalue weighted by atomic mass is 15.0. The lowest BCUT2D eigenvalue weighted by Crippen LogP contribution is -1.97. The molecule has 0 saturated heterocycles. The predicted octanol–water partition coefficient (Wildman–Crippen LogP) is 13.0. The molecule has 2 heterocycles. The van der Waals surface area contributed by atoms with Crippen molar-refractivity contribution in [2.45, 2.75) is 6.92 Å². The Kier molecular flexibility index (Phi) is 6.88. The van der Waals surface area contributed by atoms with E-state index < -0.39 is 0 Å². The molecular formula is C47H34N2. The summed E-state index contributed by atoms with van der Waals surface area (Å²) in [5, 5.41) is 7.54.